The molecule has 0 saturated heterocycles. The Bertz CT molecular complexity index is 263. The molecule has 0 aromatic heterocycles. The smallest absolute Gasteiger partial charge is 0.0166 e. The second-order valence-corrected chi connectivity index (χ2v) is 5.76. The molecule has 0 heteroatoms. The van der Waals surface area contributed by atoms with Crippen molar-refractivity contribution in [3.05, 3.63) is 11.6 Å². The van der Waals surface area contributed by atoms with Gasteiger partial charge in [0.05, 0.1) is 0 Å². The Hall–Kier alpha value is -0.260. The van der Waals surface area contributed by atoms with Gasteiger partial charge in [-0.25, -0.2) is 0 Å². The van der Waals surface area contributed by atoms with Gasteiger partial charge in [-0.05, 0) is 48.9 Å². The van der Waals surface area contributed by atoms with Crippen LogP contribution in [0.3, 0.4) is 0 Å². The number of rotatable bonds is 1. The Balaban J connectivity index is 1.97. The van der Waals surface area contributed by atoms with E-state index in [2.05, 4.69) is 19.9 Å². The van der Waals surface area contributed by atoms with Crippen molar-refractivity contribution >= 4 is 0 Å². The van der Waals surface area contributed by atoms with E-state index in [1.807, 2.05) is 5.57 Å². The van der Waals surface area contributed by atoms with Gasteiger partial charge in [-0.1, -0.05) is 31.9 Å². The maximum Gasteiger partial charge on any atom is -0.0166 e. The number of allylic oxidation sites excluding steroid dienone is 2. The summed E-state index contributed by atoms with van der Waals surface area (Å²) < 4.78 is 0. The van der Waals surface area contributed by atoms with Crippen LogP contribution in [0, 0.1) is 23.2 Å². The Labute approximate surface area is 81.4 Å². The monoisotopic (exact) mass is 176 g/mol. The summed E-state index contributed by atoms with van der Waals surface area (Å²) >= 11 is 0. The first-order valence-electron chi connectivity index (χ1n) is 5.93. The predicted molar refractivity (Wildman–Crippen MR) is 55.4 cm³/mol. The van der Waals surface area contributed by atoms with Gasteiger partial charge in [0.15, 0.2) is 0 Å². The Morgan fingerprint density at radius 3 is 3.00 bits per heavy atom. The molecule has 2 fully saturated rings. The lowest BCUT2D eigenvalue weighted by molar-refractivity contribution is 0.223. The van der Waals surface area contributed by atoms with Crippen molar-refractivity contribution in [3.8, 4) is 0 Å². The van der Waals surface area contributed by atoms with Crippen LogP contribution in [0.4, 0.5) is 0 Å². The maximum absolute atomic E-state index is 2.59. The molecule has 3 aliphatic rings. The lowest BCUT2D eigenvalue weighted by Gasteiger charge is -2.36. The van der Waals surface area contributed by atoms with Crippen LogP contribution in [-0.4, -0.2) is 0 Å². The van der Waals surface area contributed by atoms with E-state index >= 15 is 0 Å². The average Bonchev–Trinajstić information content (AvgIpc) is 2.29. The molecule has 0 radical (unpaired) electrons. The van der Waals surface area contributed by atoms with E-state index in [4.69, 9.17) is 0 Å². The molecule has 0 spiro atoms. The average molecular weight is 176 g/mol. The lowest BCUT2D eigenvalue weighted by atomic mass is 9.69. The van der Waals surface area contributed by atoms with Crippen LogP contribution >= 0.6 is 0 Å². The van der Waals surface area contributed by atoms with Crippen molar-refractivity contribution in [2.75, 3.05) is 0 Å². The largest absolute Gasteiger partial charge is 0.0822 e. The van der Waals surface area contributed by atoms with E-state index in [9.17, 15) is 0 Å². The summed E-state index contributed by atoms with van der Waals surface area (Å²) in [7, 11) is 0. The Kier molecular flexibility index (Phi) is 1.49. The third-order valence-electron chi connectivity index (χ3n) is 4.89. The number of fused-ring (bicyclic) bond motifs is 1. The van der Waals surface area contributed by atoms with E-state index in [0.717, 1.165) is 23.2 Å². The Morgan fingerprint density at radius 1 is 1.38 bits per heavy atom. The molecule has 72 valence electrons. The van der Waals surface area contributed by atoms with Gasteiger partial charge in [-0.15, -0.1) is 0 Å². The fourth-order valence-electron chi connectivity index (χ4n) is 4.26. The molecule has 2 saturated carbocycles. The summed E-state index contributed by atoms with van der Waals surface area (Å²) in [5.74, 6) is 2.99. The predicted octanol–water partition coefficient (Wildman–Crippen LogP) is 3.78. The zero-order valence-electron chi connectivity index (χ0n) is 8.84. The summed E-state index contributed by atoms with van der Waals surface area (Å²) in [6, 6.07) is 0. The summed E-state index contributed by atoms with van der Waals surface area (Å²) in [4.78, 5) is 0. The highest BCUT2D eigenvalue weighted by Gasteiger charge is 2.52. The van der Waals surface area contributed by atoms with Crippen LogP contribution in [0.2, 0.25) is 0 Å². The van der Waals surface area contributed by atoms with Crippen LogP contribution < -0.4 is 0 Å². The maximum atomic E-state index is 2.59. The molecule has 0 heterocycles. The molecule has 2 bridgehead atoms. The molecule has 4 unspecified atom stereocenters. The van der Waals surface area contributed by atoms with E-state index in [1.165, 1.54) is 25.7 Å². The molecule has 0 aliphatic heterocycles. The molecule has 3 aliphatic carbocycles. The zero-order valence-corrected chi connectivity index (χ0v) is 8.84. The first-order valence-corrected chi connectivity index (χ1v) is 5.93. The highest BCUT2D eigenvalue weighted by atomic mass is 14.6. The zero-order chi connectivity index (χ0) is 9.05. The van der Waals surface area contributed by atoms with Gasteiger partial charge in [0.2, 0.25) is 0 Å². The fourth-order valence-corrected chi connectivity index (χ4v) is 4.26. The van der Waals surface area contributed by atoms with Crippen molar-refractivity contribution in [3.63, 3.8) is 0 Å². The summed E-state index contributed by atoms with van der Waals surface area (Å²) in [5, 5.41) is 0. The fraction of sp³-hybridized carbons (Fsp3) is 0.846. The topological polar surface area (TPSA) is 0 Å². The van der Waals surface area contributed by atoms with E-state index in [0.29, 0.717) is 0 Å². The third kappa shape index (κ3) is 0.978. The lowest BCUT2D eigenvalue weighted by Crippen LogP contribution is -2.25. The summed E-state index contributed by atoms with van der Waals surface area (Å²) in [6.45, 7) is 4.82. The van der Waals surface area contributed by atoms with Gasteiger partial charge in [-0.2, -0.15) is 0 Å². The van der Waals surface area contributed by atoms with Gasteiger partial charge < -0.3 is 0 Å². The standard InChI is InChI=1S/C13H20/c1-3-13-6-9(2)4-10-5-11(7-13)12(10)8-13/h4,9,11-12H,3,5-8H2,1-2H3. The van der Waals surface area contributed by atoms with Gasteiger partial charge in [0, 0.05) is 0 Å². The van der Waals surface area contributed by atoms with Crippen molar-refractivity contribution in [2.45, 2.75) is 46.0 Å². The molecule has 13 heavy (non-hydrogen) atoms. The van der Waals surface area contributed by atoms with Crippen molar-refractivity contribution in [1.29, 1.82) is 0 Å². The number of hydrogen-bond donors (Lipinski definition) is 0. The third-order valence-corrected chi connectivity index (χ3v) is 4.89. The second kappa shape index (κ2) is 2.40. The first-order chi connectivity index (χ1) is 6.22. The first kappa shape index (κ1) is 8.08. The second-order valence-electron chi connectivity index (χ2n) is 5.76. The van der Waals surface area contributed by atoms with Gasteiger partial charge >= 0.3 is 0 Å². The SMILES string of the molecule is CCC12CC(C)C=C3CC(C1)C3C2. The molecule has 0 aromatic carbocycles. The van der Waals surface area contributed by atoms with Crippen molar-refractivity contribution < 1.29 is 0 Å². The van der Waals surface area contributed by atoms with Crippen LogP contribution in [0.25, 0.3) is 0 Å². The quantitative estimate of drug-likeness (QED) is 0.533. The molecule has 4 atom stereocenters. The molecular formula is C13H20. The highest BCUT2D eigenvalue weighted by Crippen LogP contribution is 2.63. The summed E-state index contributed by atoms with van der Waals surface area (Å²) in [5.41, 5.74) is 2.58. The van der Waals surface area contributed by atoms with E-state index in [1.54, 1.807) is 6.42 Å². The number of hydrogen-bond acceptors (Lipinski definition) is 0. The van der Waals surface area contributed by atoms with Gasteiger partial charge in [-0.3, -0.25) is 0 Å². The highest BCUT2D eigenvalue weighted by molar-refractivity contribution is 5.26. The van der Waals surface area contributed by atoms with Crippen molar-refractivity contribution in [1.82, 2.24) is 0 Å². The van der Waals surface area contributed by atoms with Crippen molar-refractivity contribution in [2.24, 2.45) is 23.2 Å². The van der Waals surface area contributed by atoms with Crippen LogP contribution in [0.5, 0.6) is 0 Å². The minimum Gasteiger partial charge on any atom is -0.0822 e. The van der Waals surface area contributed by atoms with E-state index in [-0.39, 0.29) is 0 Å². The normalized spacial score (nSPS) is 52.5. The molecule has 0 aromatic rings. The minimum absolute atomic E-state index is 0.753. The van der Waals surface area contributed by atoms with Gasteiger partial charge in [0.1, 0.15) is 0 Å². The molecular weight excluding hydrogens is 156 g/mol. The molecule has 0 N–H and O–H groups in total. The molecule has 3 rings (SSSR count). The van der Waals surface area contributed by atoms with Crippen LogP contribution in [0.1, 0.15) is 46.0 Å². The van der Waals surface area contributed by atoms with Crippen LogP contribution in [-0.2, 0) is 0 Å². The van der Waals surface area contributed by atoms with E-state index < -0.39 is 0 Å². The Morgan fingerprint density at radius 2 is 2.23 bits per heavy atom. The summed E-state index contributed by atoms with van der Waals surface area (Å²) in [6.07, 6.45) is 10.0. The minimum atomic E-state index is 0.753. The molecule has 0 nitrogen and oxygen atoms in total. The van der Waals surface area contributed by atoms with Gasteiger partial charge in [0.25, 0.3) is 0 Å². The van der Waals surface area contributed by atoms with Crippen LogP contribution in [0.15, 0.2) is 11.6 Å². The molecule has 0 amide bonds.